The van der Waals surface area contributed by atoms with Crippen molar-refractivity contribution in [2.24, 2.45) is 4.99 Å². The van der Waals surface area contributed by atoms with E-state index in [4.69, 9.17) is 4.74 Å². The maximum absolute atomic E-state index is 12.6. The largest absolute Gasteiger partial charge is 0.497 e. The van der Waals surface area contributed by atoms with Crippen LogP contribution < -0.4 is 20.1 Å². The van der Waals surface area contributed by atoms with E-state index in [1.54, 1.807) is 30.5 Å². The van der Waals surface area contributed by atoms with Crippen molar-refractivity contribution in [1.82, 2.24) is 15.6 Å². The minimum absolute atomic E-state index is 0. The molecule has 2 N–H and O–H groups in total. The summed E-state index contributed by atoms with van der Waals surface area (Å²) >= 11 is 1.66. The van der Waals surface area contributed by atoms with Gasteiger partial charge in [0.1, 0.15) is 11.5 Å². The molecule has 10 heteroatoms. The maximum atomic E-state index is 12.6. The minimum Gasteiger partial charge on any atom is -0.497 e. The topological polar surface area (TPSA) is 67.8 Å². The summed E-state index contributed by atoms with van der Waals surface area (Å²) in [6.07, 6.45) is 2.63. The molecule has 0 fully saturated rings. The third-order valence-corrected chi connectivity index (χ3v) is 4.43. The molecule has 0 aliphatic carbocycles. The van der Waals surface area contributed by atoms with Gasteiger partial charge in [-0.05, 0) is 19.1 Å². The number of thiazole rings is 1. The Bertz CT molecular complexity index is 743. The first-order chi connectivity index (χ1) is 12.5. The summed E-state index contributed by atoms with van der Waals surface area (Å²) in [5.41, 5.74) is 0.574. The van der Waals surface area contributed by atoms with Gasteiger partial charge in [0.05, 0.1) is 12.1 Å². The highest BCUT2D eigenvalue weighted by molar-refractivity contribution is 14.0. The highest BCUT2D eigenvalue weighted by Gasteiger charge is 2.12. The fourth-order valence-electron chi connectivity index (χ4n) is 2.22. The summed E-state index contributed by atoms with van der Waals surface area (Å²) in [4.78, 5) is 9.61. The predicted octanol–water partition coefficient (Wildman–Crippen LogP) is 3.59. The molecule has 0 bridgehead atoms. The Morgan fingerprint density at radius 3 is 2.70 bits per heavy atom. The van der Waals surface area contributed by atoms with Crippen molar-refractivity contribution in [3.8, 4) is 11.5 Å². The lowest BCUT2D eigenvalue weighted by Gasteiger charge is -2.15. The zero-order chi connectivity index (χ0) is 18.9. The monoisotopic (exact) mass is 512 g/mol. The van der Waals surface area contributed by atoms with Crippen molar-refractivity contribution in [2.75, 3.05) is 20.7 Å². The molecule has 0 atom stereocenters. The highest BCUT2D eigenvalue weighted by Crippen LogP contribution is 2.26. The molecule has 0 saturated carbocycles. The number of methoxy groups -OCH3 is 1. The number of hydrogen-bond donors (Lipinski definition) is 2. The number of nitrogens with zero attached hydrogens (tertiary/aromatic N) is 2. The second-order valence-electron chi connectivity index (χ2n) is 5.32. The quantitative estimate of drug-likeness (QED) is 0.322. The Kier molecular flexibility index (Phi) is 10.3. The van der Waals surface area contributed by atoms with E-state index in [1.165, 1.54) is 18.1 Å². The summed E-state index contributed by atoms with van der Waals surface area (Å²) in [5, 5.41) is 7.31. The van der Waals surface area contributed by atoms with Gasteiger partial charge in [0.2, 0.25) is 0 Å². The van der Waals surface area contributed by atoms with Crippen LogP contribution in [0.4, 0.5) is 8.78 Å². The smallest absolute Gasteiger partial charge is 0.387 e. The molecule has 1 heterocycles. The Labute approximate surface area is 178 Å². The second-order valence-corrected chi connectivity index (χ2v) is 6.64. The molecule has 150 valence electrons. The molecular weight excluding hydrogens is 489 g/mol. The van der Waals surface area contributed by atoms with Crippen molar-refractivity contribution in [1.29, 1.82) is 0 Å². The number of guanidine groups is 1. The number of aromatic nitrogens is 1. The normalized spacial score (nSPS) is 11.1. The molecule has 0 radical (unpaired) electrons. The molecule has 0 aliphatic heterocycles. The van der Waals surface area contributed by atoms with Crippen LogP contribution in [0, 0.1) is 6.92 Å². The van der Waals surface area contributed by atoms with Crippen LogP contribution in [0.1, 0.15) is 15.4 Å². The number of hydrogen-bond acceptors (Lipinski definition) is 5. The maximum Gasteiger partial charge on any atom is 0.387 e. The number of benzene rings is 1. The fraction of sp³-hybridized carbons (Fsp3) is 0.412. The van der Waals surface area contributed by atoms with Crippen LogP contribution in [0.25, 0.3) is 0 Å². The van der Waals surface area contributed by atoms with Gasteiger partial charge in [-0.3, -0.25) is 4.99 Å². The van der Waals surface area contributed by atoms with Gasteiger partial charge in [-0.1, -0.05) is 0 Å². The van der Waals surface area contributed by atoms with Crippen molar-refractivity contribution in [3.63, 3.8) is 0 Å². The lowest BCUT2D eigenvalue weighted by molar-refractivity contribution is -0.0505. The molecule has 1 aromatic heterocycles. The van der Waals surface area contributed by atoms with Gasteiger partial charge in [-0.25, -0.2) is 4.98 Å². The third-order valence-electron chi connectivity index (χ3n) is 3.46. The van der Waals surface area contributed by atoms with Gasteiger partial charge in [-0.15, -0.1) is 35.3 Å². The van der Waals surface area contributed by atoms with E-state index in [0.29, 0.717) is 23.8 Å². The number of alkyl halides is 2. The first-order valence-corrected chi connectivity index (χ1v) is 8.81. The highest BCUT2D eigenvalue weighted by atomic mass is 127. The van der Waals surface area contributed by atoms with Crippen LogP contribution in [0.3, 0.4) is 0 Å². The number of aryl methyl sites for hydroxylation is 1. The number of nitrogens with one attached hydrogen (secondary N) is 2. The standard InChI is InChI=1S/C17H22F2N4O2S.HI/c1-11-9-22-15(26-11)6-7-21-17(20-2)23-10-12-4-5-13(24-3)8-14(12)25-16(18)19;/h4-5,8-9,16H,6-7,10H2,1-3H3,(H2,20,21,23);1H. The van der Waals surface area contributed by atoms with E-state index >= 15 is 0 Å². The Hall–Kier alpha value is -1.69. The summed E-state index contributed by atoms with van der Waals surface area (Å²) in [6, 6.07) is 4.80. The predicted molar refractivity (Wildman–Crippen MR) is 114 cm³/mol. The van der Waals surface area contributed by atoms with Crippen LogP contribution >= 0.6 is 35.3 Å². The van der Waals surface area contributed by atoms with E-state index in [9.17, 15) is 8.78 Å². The van der Waals surface area contributed by atoms with Gasteiger partial charge in [-0.2, -0.15) is 8.78 Å². The van der Waals surface area contributed by atoms with E-state index < -0.39 is 6.61 Å². The molecule has 2 aromatic rings. The average Bonchev–Trinajstić information content (AvgIpc) is 3.03. The molecule has 0 aliphatic rings. The van der Waals surface area contributed by atoms with E-state index in [-0.39, 0.29) is 36.3 Å². The van der Waals surface area contributed by atoms with Crippen LogP contribution in [0.15, 0.2) is 29.4 Å². The molecule has 1 aromatic carbocycles. The van der Waals surface area contributed by atoms with Crippen LogP contribution in [-0.4, -0.2) is 38.3 Å². The van der Waals surface area contributed by atoms with E-state index in [0.717, 1.165) is 11.4 Å². The van der Waals surface area contributed by atoms with Gasteiger partial charge in [0.25, 0.3) is 0 Å². The summed E-state index contributed by atoms with van der Waals surface area (Å²) in [5.74, 6) is 1.09. The molecule has 6 nitrogen and oxygen atoms in total. The van der Waals surface area contributed by atoms with Crippen molar-refractivity contribution >= 4 is 41.3 Å². The minimum atomic E-state index is -2.90. The summed E-state index contributed by atoms with van der Waals surface area (Å²) in [7, 11) is 3.11. The Morgan fingerprint density at radius 1 is 1.33 bits per heavy atom. The molecule has 2 rings (SSSR count). The summed E-state index contributed by atoms with van der Waals surface area (Å²) < 4.78 is 34.8. The van der Waals surface area contributed by atoms with Crippen LogP contribution in [-0.2, 0) is 13.0 Å². The molecule has 0 unspecified atom stereocenters. The molecule has 27 heavy (non-hydrogen) atoms. The summed E-state index contributed by atoms with van der Waals surface area (Å²) in [6.45, 7) is 0.0563. The van der Waals surface area contributed by atoms with Crippen molar-refractivity contribution in [2.45, 2.75) is 26.5 Å². The molecule has 0 saturated heterocycles. The zero-order valence-electron chi connectivity index (χ0n) is 15.3. The Morgan fingerprint density at radius 2 is 2.11 bits per heavy atom. The van der Waals surface area contributed by atoms with Crippen molar-refractivity contribution < 1.29 is 18.3 Å². The third kappa shape index (κ3) is 7.83. The van der Waals surface area contributed by atoms with Crippen LogP contribution in [0.2, 0.25) is 0 Å². The second kappa shape index (κ2) is 11.9. The molecule has 0 spiro atoms. The SMILES string of the molecule is CN=C(NCCc1ncc(C)s1)NCc1ccc(OC)cc1OC(F)F.I. The van der Waals surface area contributed by atoms with Gasteiger partial charge in [0.15, 0.2) is 5.96 Å². The first kappa shape index (κ1) is 23.3. The lowest BCUT2D eigenvalue weighted by atomic mass is 10.2. The van der Waals surface area contributed by atoms with E-state index in [1.807, 2.05) is 13.1 Å². The number of ether oxygens (including phenoxy) is 2. The van der Waals surface area contributed by atoms with Gasteiger partial charge >= 0.3 is 6.61 Å². The van der Waals surface area contributed by atoms with Gasteiger partial charge < -0.3 is 20.1 Å². The number of rotatable bonds is 8. The zero-order valence-corrected chi connectivity index (χ0v) is 18.4. The fourth-order valence-corrected chi connectivity index (χ4v) is 3.00. The molecule has 0 amide bonds. The number of aliphatic imine (C=N–C) groups is 1. The Balaban J connectivity index is 0.00000364. The average molecular weight is 512 g/mol. The number of halogens is 3. The lowest BCUT2D eigenvalue weighted by Crippen LogP contribution is -2.37. The first-order valence-electron chi connectivity index (χ1n) is 7.99. The van der Waals surface area contributed by atoms with E-state index in [2.05, 4.69) is 25.3 Å². The van der Waals surface area contributed by atoms with Crippen LogP contribution in [0.5, 0.6) is 11.5 Å². The van der Waals surface area contributed by atoms with Gasteiger partial charge in [0, 0.05) is 49.3 Å². The van der Waals surface area contributed by atoms with Crippen molar-refractivity contribution in [3.05, 3.63) is 39.8 Å². The molecular formula is C17H23F2IN4O2S.